The number of rotatable bonds is 7. The van der Waals surface area contributed by atoms with E-state index in [4.69, 9.17) is 9.84 Å². The van der Waals surface area contributed by atoms with Crippen LogP contribution in [-0.4, -0.2) is 36.9 Å². The summed E-state index contributed by atoms with van der Waals surface area (Å²) in [6.07, 6.45) is 5.59. The van der Waals surface area contributed by atoms with Crippen LogP contribution in [0, 0.1) is 0 Å². The number of ether oxygens (including phenoxy) is 1. The molecule has 2 N–H and O–H groups in total. The molecule has 1 saturated heterocycles. The van der Waals surface area contributed by atoms with Crippen LogP contribution in [0.5, 0.6) is 0 Å². The average molecular weight is 215 g/mol. The van der Waals surface area contributed by atoms with Crippen LogP contribution >= 0.6 is 0 Å². The van der Waals surface area contributed by atoms with E-state index in [2.05, 4.69) is 5.32 Å². The van der Waals surface area contributed by atoms with Crippen LogP contribution in [0.2, 0.25) is 0 Å². The smallest absolute Gasteiger partial charge is 0.249 e. The zero-order valence-corrected chi connectivity index (χ0v) is 9.21. The van der Waals surface area contributed by atoms with E-state index in [1.165, 1.54) is 0 Å². The van der Waals surface area contributed by atoms with Crippen molar-refractivity contribution in [1.29, 1.82) is 0 Å². The second-order valence-electron chi connectivity index (χ2n) is 3.93. The van der Waals surface area contributed by atoms with Gasteiger partial charge >= 0.3 is 0 Å². The SMILES string of the molecule is O=C(NCCCCCCO)[C@H]1CCCO1. The summed E-state index contributed by atoms with van der Waals surface area (Å²) in [6, 6.07) is 0. The Morgan fingerprint density at radius 2 is 2.13 bits per heavy atom. The van der Waals surface area contributed by atoms with Crippen LogP contribution in [-0.2, 0) is 9.53 Å². The van der Waals surface area contributed by atoms with Crippen molar-refractivity contribution in [2.75, 3.05) is 19.8 Å². The van der Waals surface area contributed by atoms with Gasteiger partial charge in [0.2, 0.25) is 5.91 Å². The van der Waals surface area contributed by atoms with Crippen LogP contribution in [0.15, 0.2) is 0 Å². The largest absolute Gasteiger partial charge is 0.396 e. The molecule has 1 amide bonds. The molecule has 0 aromatic rings. The maximum absolute atomic E-state index is 11.5. The predicted molar refractivity (Wildman–Crippen MR) is 57.5 cm³/mol. The third kappa shape index (κ3) is 5.14. The Bertz CT molecular complexity index is 179. The summed E-state index contributed by atoms with van der Waals surface area (Å²) in [7, 11) is 0. The molecule has 1 rings (SSSR count). The number of hydrogen-bond donors (Lipinski definition) is 2. The normalized spacial score (nSPS) is 20.5. The van der Waals surface area contributed by atoms with Crippen molar-refractivity contribution >= 4 is 5.91 Å². The molecule has 0 aromatic carbocycles. The molecule has 0 aliphatic carbocycles. The number of carbonyl (C=O) groups excluding carboxylic acids is 1. The number of aliphatic hydroxyl groups excluding tert-OH is 1. The van der Waals surface area contributed by atoms with Crippen LogP contribution in [0.4, 0.5) is 0 Å². The quantitative estimate of drug-likeness (QED) is 0.619. The minimum atomic E-state index is -0.206. The van der Waals surface area contributed by atoms with E-state index < -0.39 is 0 Å². The standard InChI is InChI=1S/C11H21NO3/c13-8-4-2-1-3-7-12-11(14)10-6-5-9-15-10/h10,13H,1-9H2,(H,12,14)/t10-/m1/s1. The molecule has 0 radical (unpaired) electrons. The van der Waals surface area contributed by atoms with Crippen molar-refractivity contribution in [1.82, 2.24) is 5.32 Å². The zero-order valence-electron chi connectivity index (χ0n) is 9.21. The van der Waals surface area contributed by atoms with Gasteiger partial charge in [0.1, 0.15) is 6.10 Å². The van der Waals surface area contributed by atoms with E-state index in [1.807, 2.05) is 0 Å². The first kappa shape index (κ1) is 12.5. The summed E-state index contributed by atoms with van der Waals surface area (Å²) in [6.45, 7) is 1.71. The molecular formula is C11H21NO3. The molecule has 4 nitrogen and oxygen atoms in total. The zero-order chi connectivity index (χ0) is 10.9. The fourth-order valence-corrected chi connectivity index (χ4v) is 1.70. The molecule has 0 spiro atoms. The Kier molecular flexibility index (Phi) is 6.36. The Balaban J connectivity index is 1.92. The maximum Gasteiger partial charge on any atom is 0.249 e. The minimum Gasteiger partial charge on any atom is -0.396 e. The van der Waals surface area contributed by atoms with Gasteiger partial charge in [-0.25, -0.2) is 0 Å². The molecule has 0 unspecified atom stereocenters. The van der Waals surface area contributed by atoms with Gasteiger partial charge in [0.25, 0.3) is 0 Å². The van der Waals surface area contributed by atoms with Gasteiger partial charge in [-0.3, -0.25) is 4.79 Å². The van der Waals surface area contributed by atoms with Gasteiger partial charge in [0, 0.05) is 19.8 Å². The first-order valence-corrected chi connectivity index (χ1v) is 5.85. The lowest BCUT2D eigenvalue weighted by atomic mass is 10.2. The molecule has 88 valence electrons. The van der Waals surface area contributed by atoms with Crippen LogP contribution in [0.1, 0.15) is 38.5 Å². The van der Waals surface area contributed by atoms with Gasteiger partial charge in [-0.05, 0) is 25.7 Å². The molecule has 1 heterocycles. The van der Waals surface area contributed by atoms with Crippen molar-refractivity contribution in [2.24, 2.45) is 0 Å². The first-order valence-electron chi connectivity index (χ1n) is 5.85. The Labute approximate surface area is 91.0 Å². The third-order valence-electron chi connectivity index (χ3n) is 2.61. The van der Waals surface area contributed by atoms with E-state index in [0.29, 0.717) is 6.61 Å². The van der Waals surface area contributed by atoms with E-state index in [0.717, 1.165) is 45.1 Å². The lowest BCUT2D eigenvalue weighted by molar-refractivity contribution is -0.130. The molecular weight excluding hydrogens is 194 g/mol. The van der Waals surface area contributed by atoms with Crippen molar-refractivity contribution in [2.45, 2.75) is 44.6 Å². The highest BCUT2D eigenvalue weighted by atomic mass is 16.5. The fourth-order valence-electron chi connectivity index (χ4n) is 1.70. The number of hydrogen-bond acceptors (Lipinski definition) is 3. The topological polar surface area (TPSA) is 58.6 Å². The molecule has 4 heteroatoms. The van der Waals surface area contributed by atoms with Crippen LogP contribution in [0.25, 0.3) is 0 Å². The number of carbonyl (C=O) groups is 1. The maximum atomic E-state index is 11.5. The summed E-state index contributed by atoms with van der Waals surface area (Å²) in [5.74, 6) is 0.0367. The minimum absolute atomic E-state index is 0.0367. The van der Waals surface area contributed by atoms with E-state index in [1.54, 1.807) is 0 Å². The highest BCUT2D eigenvalue weighted by molar-refractivity contribution is 5.80. The van der Waals surface area contributed by atoms with Gasteiger partial charge in [-0.15, -0.1) is 0 Å². The number of nitrogens with one attached hydrogen (secondary N) is 1. The van der Waals surface area contributed by atoms with Gasteiger partial charge in [0.15, 0.2) is 0 Å². The fraction of sp³-hybridized carbons (Fsp3) is 0.909. The number of aliphatic hydroxyl groups is 1. The second-order valence-corrected chi connectivity index (χ2v) is 3.93. The van der Waals surface area contributed by atoms with Crippen molar-refractivity contribution in [3.05, 3.63) is 0 Å². The molecule has 15 heavy (non-hydrogen) atoms. The highest BCUT2D eigenvalue weighted by Crippen LogP contribution is 2.11. The van der Waals surface area contributed by atoms with Gasteiger partial charge in [-0.2, -0.15) is 0 Å². The van der Waals surface area contributed by atoms with Crippen molar-refractivity contribution in [3.8, 4) is 0 Å². The van der Waals surface area contributed by atoms with E-state index in [9.17, 15) is 4.79 Å². The number of unbranched alkanes of at least 4 members (excludes halogenated alkanes) is 3. The van der Waals surface area contributed by atoms with Crippen LogP contribution < -0.4 is 5.32 Å². The Morgan fingerprint density at radius 3 is 2.80 bits per heavy atom. The summed E-state index contributed by atoms with van der Waals surface area (Å²) in [5.41, 5.74) is 0. The van der Waals surface area contributed by atoms with Gasteiger partial charge < -0.3 is 15.2 Å². The molecule has 0 saturated carbocycles. The molecule has 1 fully saturated rings. The van der Waals surface area contributed by atoms with E-state index in [-0.39, 0.29) is 18.6 Å². The molecule has 0 bridgehead atoms. The molecule has 1 aliphatic rings. The Hall–Kier alpha value is -0.610. The summed E-state index contributed by atoms with van der Waals surface area (Å²) < 4.78 is 5.27. The van der Waals surface area contributed by atoms with Crippen LogP contribution in [0.3, 0.4) is 0 Å². The molecule has 0 aromatic heterocycles. The summed E-state index contributed by atoms with van der Waals surface area (Å²) in [4.78, 5) is 11.5. The average Bonchev–Trinajstić information content (AvgIpc) is 2.76. The van der Waals surface area contributed by atoms with Gasteiger partial charge in [-0.1, -0.05) is 12.8 Å². The summed E-state index contributed by atoms with van der Waals surface area (Å²) in [5, 5.41) is 11.4. The third-order valence-corrected chi connectivity index (χ3v) is 2.61. The molecule has 1 atom stereocenters. The van der Waals surface area contributed by atoms with Gasteiger partial charge in [0.05, 0.1) is 0 Å². The van der Waals surface area contributed by atoms with E-state index >= 15 is 0 Å². The number of amides is 1. The Morgan fingerprint density at radius 1 is 1.33 bits per heavy atom. The first-order chi connectivity index (χ1) is 7.34. The molecule has 1 aliphatic heterocycles. The van der Waals surface area contributed by atoms with Crippen molar-refractivity contribution in [3.63, 3.8) is 0 Å². The summed E-state index contributed by atoms with van der Waals surface area (Å²) >= 11 is 0. The lowest BCUT2D eigenvalue weighted by Gasteiger charge is -2.09. The van der Waals surface area contributed by atoms with Crippen molar-refractivity contribution < 1.29 is 14.6 Å². The lowest BCUT2D eigenvalue weighted by Crippen LogP contribution is -2.34. The second kappa shape index (κ2) is 7.65. The highest BCUT2D eigenvalue weighted by Gasteiger charge is 2.22. The monoisotopic (exact) mass is 215 g/mol. The predicted octanol–water partition coefficient (Wildman–Crippen LogP) is 0.834.